The van der Waals surface area contributed by atoms with Gasteiger partial charge in [0.25, 0.3) is 0 Å². The summed E-state index contributed by atoms with van der Waals surface area (Å²) in [6.45, 7) is 5.77. The lowest BCUT2D eigenvalue weighted by Crippen LogP contribution is -2.47. The van der Waals surface area contributed by atoms with Gasteiger partial charge in [-0.2, -0.15) is 0 Å². The molecule has 2 aliphatic rings. The Morgan fingerprint density at radius 2 is 1.94 bits per heavy atom. The van der Waals surface area contributed by atoms with Crippen molar-refractivity contribution in [2.75, 3.05) is 19.6 Å². The summed E-state index contributed by atoms with van der Waals surface area (Å²) in [4.78, 5) is 2.78. The molecule has 16 heavy (non-hydrogen) atoms. The molecule has 2 heteroatoms. The second-order valence-corrected chi connectivity index (χ2v) is 5.92. The zero-order valence-corrected chi connectivity index (χ0v) is 10.8. The molecule has 0 spiro atoms. The van der Waals surface area contributed by atoms with Gasteiger partial charge in [-0.1, -0.05) is 19.8 Å². The van der Waals surface area contributed by atoms with Gasteiger partial charge in [-0.3, -0.25) is 0 Å². The number of fused-ring (bicyclic) bond motifs is 1. The molecule has 2 fully saturated rings. The lowest BCUT2D eigenvalue weighted by Gasteiger charge is -2.44. The highest BCUT2D eigenvalue weighted by atomic mass is 15.2. The fraction of sp³-hybridized carbons (Fsp3) is 1.00. The van der Waals surface area contributed by atoms with Crippen molar-refractivity contribution in [1.82, 2.24) is 4.90 Å². The predicted octanol–water partition coefficient (Wildman–Crippen LogP) is 2.63. The minimum Gasteiger partial charge on any atom is -0.330 e. The molecule has 2 nitrogen and oxygen atoms in total. The Morgan fingerprint density at radius 1 is 1.19 bits per heavy atom. The minimum absolute atomic E-state index is 0.698. The van der Waals surface area contributed by atoms with Crippen LogP contribution in [-0.2, 0) is 0 Å². The summed E-state index contributed by atoms with van der Waals surface area (Å²) in [5, 5.41) is 0. The molecule has 2 N–H and O–H groups in total. The molecular weight excluding hydrogens is 196 g/mol. The number of rotatable bonds is 4. The maximum absolute atomic E-state index is 5.70. The molecule has 0 aromatic carbocycles. The first-order valence-corrected chi connectivity index (χ1v) is 7.25. The highest BCUT2D eigenvalue weighted by Gasteiger charge is 2.32. The Morgan fingerprint density at radius 3 is 2.75 bits per heavy atom. The van der Waals surface area contributed by atoms with Gasteiger partial charge in [0.05, 0.1) is 0 Å². The van der Waals surface area contributed by atoms with Crippen molar-refractivity contribution in [2.24, 2.45) is 17.6 Å². The Balaban J connectivity index is 1.82. The van der Waals surface area contributed by atoms with Crippen LogP contribution in [0.1, 0.15) is 51.9 Å². The van der Waals surface area contributed by atoms with E-state index < -0.39 is 0 Å². The molecule has 1 unspecified atom stereocenters. The summed E-state index contributed by atoms with van der Waals surface area (Å²) in [5.41, 5.74) is 5.70. The number of hydrogen-bond donors (Lipinski definition) is 1. The van der Waals surface area contributed by atoms with Gasteiger partial charge >= 0.3 is 0 Å². The predicted molar refractivity (Wildman–Crippen MR) is 69.4 cm³/mol. The van der Waals surface area contributed by atoms with Gasteiger partial charge in [-0.05, 0) is 63.6 Å². The van der Waals surface area contributed by atoms with E-state index in [0.717, 1.165) is 18.5 Å². The van der Waals surface area contributed by atoms with Crippen LogP contribution >= 0.6 is 0 Å². The van der Waals surface area contributed by atoms with Gasteiger partial charge in [0, 0.05) is 6.04 Å². The molecule has 1 heterocycles. The molecule has 2 rings (SSSR count). The van der Waals surface area contributed by atoms with E-state index in [1.807, 2.05) is 0 Å². The maximum Gasteiger partial charge on any atom is 0.0123 e. The average Bonchev–Trinajstić information content (AvgIpc) is 2.35. The van der Waals surface area contributed by atoms with Gasteiger partial charge in [-0.25, -0.2) is 0 Å². The van der Waals surface area contributed by atoms with Crippen molar-refractivity contribution in [1.29, 1.82) is 0 Å². The molecule has 94 valence electrons. The quantitative estimate of drug-likeness (QED) is 0.795. The van der Waals surface area contributed by atoms with Crippen molar-refractivity contribution in [3.63, 3.8) is 0 Å². The number of nitrogens with zero attached hydrogens (tertiary/aromatic N) is 1. The fourth-order valence-electron chi connectivity index (χ4n) is 3.51. The van der Waals surface area contributed by atoms with Crippen LogP contribution in [0.2, 0.25) is 0 Å². The van der Waals surface area contributed by atoms with Crippen molar-refractivity contribution in [2.45, 2.75) is 57.9 Å². The monoisotopic (exact) mass is 224 g/mol. The van der Waals surface area contributed by atoms with E-state index in [1.54, 1.807) is 0 Å². The molecule has 0 amide bonds. The van der Waals surface area contributed by atoms with Gasteiger partial charge in [0.1, 0.15) is 0 Å². The van der Waals surface area contributed by atoms with Crippen LogP contribution in [0.4, 0.5) is 0 Å². The summed E-state index contributed by atoms with van der Waals surface area (Å²) in [6.07, 6.45) is 10.1. The minimum atomic E-state index is 0.698. The van der Waals surface area contributed by atoms with E-state index in [1.165, 1.54) is 58.0 Å². The van der Waals surface area contributed by atoms with E-state index >= 15 is 0 Å². The smallest absolute Gasteiger partial charge is 0.0123 e. The summed E-state index contributed by atoms with van der Waals surface area (Å²) in [5.74, 6) is 1.72. The number of hydrogen-bond acceptors (Lipinski definition) is 2. The third kappa shape index (κ3) is 2.98. The molecule has 3 atom stereocenters. The average molecular weight is 224 g/mol. The number of likely N-dealkylation sites (tertiary alicyclic amines) is 1. The normalized spacial score (nSPS) is 33.4. The summed E-state index contributed by atoms with van der Waals surface area (Å²) in [7, 11) is 0. The van der Waals surface area contributed by atoms with Gasteiger partial charge in [-0.15, -0.1) is 0 Å². The van der Waals surface area contributed by atoms with E-state index in [0.29, 0.717) is 5.92 Å². The Bertz CT molecular complexity index is 203. The molecule has 0 radical (unpaired) electrons. The third-order valence-corrected chi connectivity index (χ3v) is 4.67. The van der Waals surface area contributed by atoms with Crippen LogP contribution in [0.25, 0.3) is 0 Å². The van der Waals surface area contributed by atoms with E-state index in [9.17, 15) is 0 Å². The van der Waals surface area contributed by atoms with Gasteiger partial charge in [0.15, 0.2) is 0 Å². The molecule has 0 bridgehead atoms. The van der Waals surface area contributed by atoms with Crippen molar-refractivity contribution in [3.8, 4) is 0 Å². The molecule has 1 aliphatic carbocycles. The van der Waals surface area contributed by atoms with E-state index in [2.05, 4.69) is 11.8 Å². The van der Waals surface area contributed by atoms with Crippen molar-refractivity contribution >= 4 is 0 Å². The van der Waals surface area contributed by atoms with E-state index in [-0.39, 0.29) is 0 Å². The largest absolute Gasteiger partial charge is 0.330 e. The second kappa shape index (κ2) is 6.02. The van der Waals surface area contributed by atoms with Crippen LogP contribution in [0, 0.1) is 11.8 Å². The Hall–Kier alpha value is -0.0800. The standard InChI is InChI=1S/C14H28N2/c1-12(11-15)8-10-16-9-4-6-13-5-2-3-7-14(13)16/h12-14H,2-11,15H2,1H3/t12?,13-,14-/m1/s1. The van der Waals surface area contributed by atoms with Gasteiger partial charge < -0.3 is 10.6 Å². The lowest BCUT2D eigenvalue weighted by atomic mass is 9.78. The zero-order valence-electron chi connectivity index (χ0n) is 10.8. The van der Waals surface area contributed by atoms with Crippen LogP contribution in [-0.4, -0.2) is 30.6 Å². The first-order chi connectivity index (χ1) is 7.81. The summed E-state index contributed by atoms with van der Waals surface area (Å²) >= 11 is 0. The first kappa shape index (κ1) is 12.4. The second-order valence-electron chi connectivity index (χ2n) is 5.92. The topological polar surface area (TPSA) is 29.3 Å². The first-order valence-electron chi connectivity index (χ1n) is 7.25. The fourth-order valence-corrected chi connectivity index (χ4v) is 3.51. The SMILES string of the molecule is CC(CN)CCN1CCC[C@H]2CCCC[C@H]21. The van der Waals surface area contributed by atoms with Crippen molar-refractivity contribution < 1.29 is 0 Å². The van der Waals surface area contributed by atoms with Crippen LogP contribution < -0.4 is 5.73 Å². The number of nitrogens with two attached hydrogens (primary N) is 1. The third-order valence-electron chi connectivity index (χ3n) is 4.67. The zero-order chi connectivity index (χ0) is 11.4. The van der Waals surface area contributed by atoms with E-state index in [4.69, 9.17) is 5.73 Å². The maximum atomic E-state index is 5.70. The van der Waals surface area contributed by atoms with Crippen LogP contribution in [0.15, 0.2) is 0 Å². The lowest BCUT2D eigenvalue weighted by molar-refractivity contribution is 0.0571. The molecule has 0 aromatic rings. The van der Waals surface area contributed by atoms with Crippen molar-refractivity contribution in [3.05, 3.63) is 0 Å². The molecule has 1 aliphatic heterocycles. The molecular formula is C14H28N2. The summed E-state index contributed by atoms with van der Waals surface area (Å²) < 4.78 is 0. The van der Waals surface area contributed by atoms with Gasteiger partial charge in [0.2, 0.25) is 0 Å². The molecule has 0 aromatic heterocycles. The van der Waals surface area contributed by atoms with Crippen LogP contribution in [0.5, 0.6) is 0 Å². The molecule has 1 saturated carbocycles. The highest BCUT2D eigenvalue weighted by Crippen LogP contribution is 2.35. The Kier molecular flexibility index (Phi) is 4.66. The summed E-state index contributed by atoms with van der Waals surface area (Å²) in [6, 6.07) is 0.924. The van der Waals surface area contributed by atoms with Crippen LogP contribution in [0.3, 0.4) is 0 Å². The molecule has 1 saturated heterocycles. The Labute approximate surface area is 101 Å². The number of piperidine rings is 1. The highest BCUT2D eigenvalue weighted by molar-refractivity contribution is 4.87.